The molecule has 0 fully saturated rings. The average Bonchev–Trinajstić information content (AvgIpc) is 2.35. The van der Waals surface area contributed by atoms with Gasteiger partial charge in [-0.25, -0.2) is 8.78 Å². The molecule has 0 bridgehead atoms. The van der Waals surface area contributed by atoms with Crippen LogP contribution in [0.1, 0.15) is 17.2 Å². The van der Waals surface area contributed by atoms with Crippen LogP contribution in [0.5, 0.6) is 0 Å². The van der Waals surface area contributed by atoms with E-state index in [1.54, 1.807) is 24.3 Å². The quantitative estimate of drug-likeness (QED) is 0.818. The lowest BCUT2D eigenvalue weighted by Crippen LogP contribution is -2.13. The van der Waals surface area contributed by atoms with Gasteiger partial charge in [0.1, 0.15) is 11.6 Å². The number of rotatable bonds is 2. The smallest absolute Gasteiger partial charge is 0.137 e. The minimum atomic E-state index is -0.639. The molecule has 0 saturated heterocycles. The fourth-order valence-corrected chi connectivity index (χ4v) is 2.41. The molecule has 1 nitrogen and oxygen atoms in total. The molecule has 5 heteroatoms. The Morgan fingerprint density at radius 1 is 0.944 bits per heavy atom. The first-order valence-corrected chi connectivity index (χ1v) is 6.73. The van der Waals surface area contributed by atoms with Crippen LogP contribution in [0.2, 0.25) is 0 Å². The highest BCUT2D eigenvalue weighted by Gasteiger charge is 2.15. The summed E-state index contributed by atoms with van der Waals surface area (Å²) in [7, 11) is 0. The zero-order valence-corrected chi connectivity index (χ0v) is 12.3. The highest BCUT2D eigenvalue weighted by molar-refractivity contribution is 9.10. The molecule has 0 aliphatic heterocycles. The molecule has 0 heterocycles. The summed E-state index contributed by atoms with van der Waals surface area (Å²) in [4.78, 5) is 0. The first-order valence-electron chi connectivity index (χ1n) is 5.14. The summed E-state index contributed by atoms with van der Waals surface area (Å²) in [6.07, 6.45) is 0. The Morgan fingerprint density at radius 2 is 1.61 bits per heavy atom. The van der Waals surface area contributed by atoms with Gasteiger partial charge in [0, 0.05) is 10.0 Å². The maximum Gasteiger partial charge on any atom is 0.137 e. The van der Waals surface area contributed by atoms with Crippen molar-refractivity contribution in [2.24, 2.45) is 5.73 Å². The SMILES string of the molecule is NC(c1ccc(F)c(Br)c1)c1cc(Br)ccc1F. The Bertz CT molecular complexity index is 587. The van der Waals surface area contributed by atoms with Crippen molar-refractivity contribution in [3.63, 3.8) is 0 Å². The van der Waals surface area contributed by atoms with Crippen LogP contribution in [0.4, 0.5) is 8.78 Å². The van der Waals surface area contributed by atoms with Gasteiger partial charge in [-0.1, -0.05) is 22.0 Å². The van der Waals surface area contributed by atoms with E-state index in [9.17, 15) is 8.78 Å². The third kappa shape index (κ3) is 2.79. The third-order valence-corrected chi connectivity index (χ3v) is 3.70. The van der Waals surface area contributed by atoms with E-state index in [-0.39, 0.29) is 11.6 Å². The molecule has 94 valence electrons. The molecule has 0 spiro atoms. The summed E-state index contributed by atoms with van der Waals surface area (Å²) in [5.41, 5.74) is 7.00. The summed E-state index contributed by atoms with van der Waals surface area (Å²) >= 11 is 6.36. The Kier molecular flexibility index (Phi) is 4.14. The first-order chi connectivity index (χ1) is 8.49. The molecule has 0 radical (unpaired) electrons. The maximum atomic E-state index is 13.7. The summed E-state index contributed by atoms with van der Waals surface area (Å²) in [6.45, 7) is 0. The van der Waals surface area contributed by atoms with Gasteiger partial charge in [0.05, 0.1) is 10.5 Å². The zero-order chi connectivity index (χ0) is 13.3. The Morgan fingerprint density at radius 3 is 2.28 bits per heavy atom. The molecule has 0 amide bonds. The summed E-state index contributed by atoms with van der Waals surface area (Å²) in [6, 6.07) is 8.33. The van der Waals surface area contributed by atoms with Crippen LogP contribution < -0.4 is 5.73 Å². The highest BCUT2D eigenvalue weighted by Crippen LogP contribution is 2.27. The van der Waals surface area contributed by atoms with Gasteiger partial charge in [0.15, 0.2) is 0 Å². The average molecular weight is 377 g/mol. The summed E-state index contributed by atoms with van der Waals surface area (Å²) in [5.74, 6) is -0.758. The Labute approximate surface area is 120 Å². The minimum absolute atomic E-state index is 0.311. The van der Waals surface area contributed by atoms with Crippen LogP contribution in [0.25, 0.3) is 0 Å². The molecule has 0 aliphatic carbocycles. The van der Waals surface area contributed by atoms with Gasteiger partial charge in [-0.3, -0.25) is 0 Å². The fourth-order valence-electron chi connectivity index (χ4n) is 1.64. The van der Waals surface area contributed by atoms with Crippen molar-refractivity contribution in [3.8, 4) is 0 Å². The molecule has 0 saturated carbocycles. The molecule has 18 heavy (non-hydrogen) atoms. The first kappa shape index (κ1) is 13.6. The zero-order valence-electron chi connectivity index (χ0n) is 9.13. The molecule has 2 aromatic rings. The minimum Gasteiger partial charge on any atom is -0.320 e. The fraction of sp³-hybridized carbons (Fsp3) is 0.0769. The lowest BCUT2D eigenvalue weighted by atomic mass is 9.99. The van der Waals surface area contributed by atoms with Crippen molar-refractivity contribution in [1.29, 1.82) is 0 Å². The molecule has 2 rings (SSSR count). The number of hydrogen-bond donors (Lipinski definition) is 1. The van der Waals surface area contributed by atoms with Gasteiger partial charge in [-0.15, -0.1) is 0 Å². The van der Waals surface area contributed by atoms with Gasteiger partial charge in [-0.05, 0) is 51.8 Å². The van der Waals surface area contributed by atoms with Crippen molar-refractivity contribution in [1.82, 2.24) is 0 Å². The largest absolute Gasteiger partial charge is 0.320 e. The third-order valence-electron chi connectivity index (χ3n) is 2.60. The maximum absolute atomic E-state index is 13.7. The normalized spacial score (nSPS) is 12.5. The number of nitrogens with two attached hydrogens (primary N) is 1. The van der Waals surface area contributed by atoms with Crippen molar-refractivity contribution in [3.05, 3.63) is 68.1 Å². The molecule has 1 unspecified atom stereocenters. The second kappa shape index (κ2) is 5.47. The second-order valence-corrected chi connectivity index (χ2v) is 5.59. The molecular weight excluding hydrogens is 368 g/mol. The lowest BCUT2D eigenvalue weighted by molar-refractivity contribution is 0.597. The van der Waals surface area contributed by atoms with Gasteiger partial charge in [-0.2, -0.15) is 0 Å². The molecule has 0 aromatic heterocycles. The van der Waals surface area contributed by atoms with Crippen molar-refractivity contribution in [2.45, 2.75) is 6.04 Å². The Balaban J connectivity index is 2.44. The van der Waals surface area contributed by atoms with Gasteiger partial charge in [0.2, 0.25) is 0 Å². The van der Waals surface area contributed by atoms with E-state index in [2.05, 4.69) is 31.9 Å². The van der Waals surface area contributed by atoms with E-state index in [1.165, 1.54) is 12.1 Å². The molecule has 2 aromatic carbocycles. The molecular formula is C13H9Br2F2N. The summed E-state index contributed by atoms with van der Waals surface area (Å²) in [5, 5.41) is 0. The van der Waals surface area contributed by atoms with Crippen LogP contribution in [0, 0.1) is 11.6 Å². The van der Waals surface area contributed by atoms with Crippen molar-refractivity contribution in [2.75, 3.05) is 0 Å². The van der Waals surface area contributed by atoms with Gasteiger partial charge < -0.3 is 5.73 Å². The van der Waals surface area contributed by atoms with E-state index in [0.717, 1.165) is 4.47 Å². The predicted octanol–water partition coefficient (Wildman–Crippen LogP) is 4.54. The number of hydrogen-bond acceptors (Lipinski definition) is 1. The predicted molar refractivity (Wildman–Crippen MR) is 74.2 cm³/mol. The van der Waals surface area contributed by atoms with Gasteiger partial charge >= 0.3 is 0 Å². The monoisotopic (exact) mass is 375 g/mol. The van der Waals surface area contributed by atoms with Crippen molar-refractivity contribution >= 4 is 31.9 Å². The Hall–Kier alpha value is -0.780. The van der Waals surface area contributed by atoms with Gasteiger partial charge in [0.25, 0.3) is 0 Å². The van der Waals surface area contributed by atoms with Crippen molar-refractivity contribution < 1.29 is 8.78 Å². The molecule has 2 N–H and O–H groups in total. The summed E-state index contributed by atoms with van der Waals surface area (Å²) < 4.78 is 27.9. The second-order valence-electron chi connectivity index (χ2n) is 3.82. The van der Waals surface area contributed by atoms with Crippen LogP contribution in [0.15, 0.2) is 45.3 Å². The van der Waals surface area contributed by atoms with Crippen LogP contribution in [-0.4, -0.2) is 0 Å². The highest BCUT2D eigenvalue weighted by atomic mass is 79.9. The van der Waals surface area contributed by atoms with Crippen LogP contribution in [0.3, 0.4) is 0 Å². The standard InChI is InChI=1S/C13H9Br2F2N/c14-8-2-4-11(16)9(6-8)13(18)7-1-3-12(17)10(15)5-7/h1-6,13H,18H2. The number of halogens is 4. The van der Waals surface area contributed by atoms with Crippen LogP contribution >= 0.6 is 31.9 Å². The number of benzene rings is 2. The molecule has 1 atom stereocenters. The van der Waals surface area contributed by atoms with E-state index >= 15 is 0 Å². The van der Waals surface area contributed by atoms with E-state index in [4.69, 9.17) is 5.73 Å². The topological polar surface area (TPSA) is 26.0 Å². The van der Waals surface area contributed by atoms with E-state index in [1.807, 2.05) is 0 Å². The van der Waals surface area contributed by atoms with E-state index in [0.29, 0.717) is 15.6 Å². The van der Waals surface area contributed by atoms with Crippen LogP contribution in [-0.2, 0) is 0 Å². The lowest BCUT2D eigenvalue weighted by Gasteiger charge is -2.14. The molecule has 0 aliphatic rings. The van der Waals surface area contributed by atoms with E-state index < -0.39 is 6.04 Å².